The molecule has 15 heavy (non-hydrogen) atoms. The molecule has 4 aliphatic rings. The third kappa shape index (κ3) is 1.32. The van der Waals surface area contributed by atoms with Crippen molar-refractivity contribution >= 4 is 11.8 Å². The van der Waals surface area contributed by atoms with Crippen molar-refractivity contribution in [1.82, 2.24) is 0 Å². The number of ether oxygens (including phenoxy) is 1. The number of hydrogen-bond acceptors (Lipinski definition) is 3. The first-order chi connectivity index (χ1) is 7.15. The lowest BCUT2D eigenvalue weighted by Crippen LogP contribution is -2.54. The Labute approximate surface area is 89.2 Å². The molecule has 0 amide bonds. The van der Waals surface area contributed by atoms with E-state index in [0.717, 1.165) is 25.7 Å². The second-order valence-corrected chi connectivity index (χ2v) is 5.33. The Kier molecular flexibility index (Phi) is 1.91. The minimum atomic E-state index is -0.168. The van der Waals surface area contributed by atoms with Gasteiger partial charge in [-0.15, -0.1) is 0 Å². The molecule has 0 aromatic carbocycles. The first kappa shape index (κ1) is 9.37. The Morgan fingerprint density at radius 2 is 1.60 bits per heavy atom. The third-order valence-electron chi connectivity index (χ3n) is 4.39. The van der Waals surface area contributed by atoms with E-state index in [1.807, 2.05) is 0 Å². The van der Waals surface area contributed by atoms with E-state index in [1.165, 1.54) is 6.92 Å². The van der Waals surface area contributed by atoms with Crippen LogP contribution in [0.3, 0.4) is 0 Å². The quantitative estimate of drug-likeness (QED) is 0.614. The van der Waals surface area contributed by atoms with Gasteiger partial charge >= 0.3 is 5.97 Å². The van der Waals surface area contributed by atoms with Gasteiger partial charge in [-0.3, -0.25) is 9.59 Å². The van der Waals surface area contributed by atoms with Gasteiger partial charge in [-0.25, -0.2) is 0 Å². The Balaban J connectivity index is 1.81. The average molecular weight is 208 g/mol. The minimum Gasteiger partial charge on any atom is -0.462 e. The lowest BCUT2D eigenvalue weighted by Gasteiger charge is -2.52. The van der Waals surface area contributed by atoms with Crippen LogP contribution in [0.15, 0.2) is 0 Å². The van der Waals surface area contributed by atoms with Crippen molar-refractivity contribution < 1.29 is 14.3 Å². The summed E-state index contributed by atoms with van der Waals surface area (Å²) < 4.78 is 5.41. The zero-order valence-corrected chi connectivity index (χ0v) is 8.94. The van der Waals surface area contributed by atoms with E-state index in [1.54, 1.807) is 0 Å². The summed E-state index contributed by atoms with van der Waals surface area (Å²) in [4.78, 5) is 22.8. The van der Waals surface area contributed by atoms with Gasteiger partial charge in [0.2, 0.25) is 0 Å². The molecule has 4 aliphatic carbocycles. The molecular formula is C12H16O3. The maximum atomic E-state index is 11.8. The minimum absolute atomic E-state index is 0.114. The van der Waals surface area contributed by atoms with Crippen LogP contribution in [0, 0.1) is 23.7 Å². The van der Waals surface area contributed by atoms with Gasteiger partial charge in [0.1, 0.15) is 11.9 Å². The molecule has 0 radical (unpaired) electrons. The summed E-state index contributed by atoms with van der Waals surface area (Å²) in [6, 6.07) is 0. The summed E-state index contributed by atoms with van der Waals surface area (Å²) in [6.07, 6.45) is 3.96. The van der Waals surface area contributed by atoms with Gasteiger partial charge in [0.15, 0.2) is 0 Å². The second kappa shape index (κ2) is 3.06. The molecule has 0 aromatic heterocycles. The van der Waals surface area contributed by atoms with E-state index in [4.69, 9.17) is 4.74 Å². The van der Waals surface area contributed by atoms with Crippen molar-refractivity contribution in [3.8, 4) is 0 Å². The predicted molar refractivity (Wildman–Crippen MR) is 53.0 cm³/mol. The summed E-state index contributed by atoms with van der Waals surface area (Å²) in [7, 11) is 0. The zero-order valence-electron chi connectivity index (χ0n) is 8.94. The van der Waals surface area contributed by atoms with Crippen LogP contribution in [0.25, 0.3) is 0 Å². The van der Waals surface area contributed by atoms with Crippen LogP contribution < -0.4 is 0 Å². The molecular weight excluding hydrogens is 192 g/mol. The number of carbonyl (C=O) groups excluding carboxylic acids is 2. The van der Waals surface area contributed by atoms with Gasteiger partial charge in [-0.05, 0) is 37.5 Å². The molecule has 4 fully saturated rings. The van der Waals surface area contributed by atoms with Crippen molar-refractivity contribution in [2.75, 3.05) is 0 Å². The Hall–Kier alpha value is -0.860. The second-order valence-electron chi connectivity index (χ2n) is 5.33. The van der Waals surface area contributed by atoms with E-state index in [-0.39, 0.29) is 12.1 Å². The molecule has 0 aromatic rings. The maximum Gasteiger partial charge on any atom is 0.302 e. The first-order valence-corrected chi connectivity index (χ1v) is 5.86. The molecule has 3 heteroatoms. The van der Waals surface area contributed by atoms with E-state index in [0.29, 0.717) is 29.5 Å². The van der Waals surface area contributed by atoms with Crippen molar-refractivity contribution in [3.63, 3.8) is 0 Å². The fraction of sp³-hybridized carbons (Fsp3) is 0.833. The van der Waals surface area contributed by atoms with Crippen LogP contribution in [0.4, 0.5) is 0 Å². The fourth-order valence-electron chi connectivity index (χ4n) is 3.95. The lowest BCUT2D eigenvalue weighted by molar-refractivity contribution is -0.172. The van der Waals surface area contributed by atoms with Crippen LogP contribution in [0.2, 0.25) is 0 Å². The lowest BCUT2D eigenvalue weighted by atomic mass is 9.54. The number of Topliss-reactive ketones (excluding diaryl/α,β-unsaturated/α-hetero) is 1. The molecule has 0 heterocycles. The summed E-state index contributed by atoms with van der Waals surface area (Å²) >= 11 is 0. The van der Waals surface area contributed by atoms with Crippen LogP contribution in [-0.2, 0) is 14.3 Å². The van der Waals surface area contributed by atoms with E-state index >= 15 is 0 Å². The first-order valence-electron chi connectivity index (χ1n) is 5.86. The number of carbonyl (C=O) groups is 2. The van der Waals surface area contributed by atoms with Crippen LogP contribution >= 0.6 is 0 Å². The highest BCUT2D eigenvalue weighted by Crippen LogP contribution is 2.52. The highest BCUT2D eigenvalue weighted by Gasteiger charge is 2.53. The Bertz CT molecular complexity index is 289. The third-order valence-corrected chi connectivity index (χ3v) is 4.39. The molecule has 0 spiro atoms. The molecule has 3 nitrogen and oxygen atoms in total. The SMILES string of the molecule is CC(=O)OC1C2CC3CC1CC(C2)C3=O. The summed E-state index contributed by atoms with van der Waals surface area (Å²) in [5.41, 5.74) is 0. The standard InChI is InChI=1S/C12H16O3/c1-6(13)15-12-9-2-7-3-10(12)5-8(4-9)11(7)14/h7-10,12H,2-5H2,1H3. The van der Waals surface area contributed by atoms with E-state index in [9.17, 15) is 9.59 Å². The smallest absolute Gasteiger partial charge is 0.302 e. The molecule has 4 saturated carbocycles. The van der Waals surface area contributed by atoms with Gasteiger partial charge in [0.05, 0.1) is 0 Å². The summed E-state index contributed by atoms with van der Waals surface area (Å²) in [5.74, 6) is 1.84. The monoisotopic (exact) mass is 208 g/mol. The van der Waals surface area contributed by atoms with Crippen molar-refractivity contribution in [3.05, 3.63) is 0 Å². The topological polar surface area (TPSA) is 43.4 Å². The predicted octanol–water partition coefficient (Wildman–Crippen LogP) is 1.55. The molecule has 0 N–H and O–H groups in total. The summed E-state index contributed by atoms with van der Waals surface area (Å²) in [5, 5.41) is 0. The molecule has 0 atom stereocenters. The van der Waals surface area contributed by atoms with Gasteiger partial charge in [0, 0.05) is 18.8 Å². The van der Waals surface area contributed by atoms with Gasteiger partial charge in [-0.1, -0.05) is 0 Å². The molecule has 0 saturated heterocycles. The maximum absolute atomic E-state index is 11.8. The van der Waals surface area contributed by atoms with Gasteiger partial charge in [0.25, 0.3) is 0 Å². The molecule has 4 rings (SSSR count). The Morgan fingerprint density at radius 1 is 1.13 bits per heavy atom. The van der Waals surface area contributed by atoms with Crippen LogP contribution in [0.5, 0.6) is 0 Å². The van der Waals surface area contributed by atoms with Gasteiger partial charge < -0.3 is 4.74 Å². The van der Waals surface area contributed by atoms with Gasteiger partial charge in [-0.2, -0.15) is 0 Å². The fourth-order valence-corrected chi connectivity index (χ4v) is 3.95. The van der Waals surface area contributed by atoms with E-state index < -0.39 is 0 Å². The number of ketones is 1. The average Bonchev–Trinajstić information content (AvgIpc) is 2.14. The highest BCUT2D eigenvalue weighted by molar-refractivity contribution is 5.85. The number of esters is 1. The van der Waals surface area contributed by atoms with Crippen LogP contribution in [-0.4, -0.2) is 17.9 Å². The van der Waals surface area contributed by atoms with Crippen LogP contribution in [0.1, 0.15) is 32.6 Å². The zero-order chi connectivity index (χ0) is 10.6. The van der Waals surface area contributed by atoms with Crippen molar-refractivity contribution in [2.24, 2.45) is 23.7 Å². The largest absolute Gasteiger partial charge is 0.462 e. The normalized spacial score (nSPS) is 47.0. The number of hydrogen-bond donors (Lipinski definition) is 0. The summed E-state index contributed by atoms with van der Waals surface area (Å²) in [6.45, 7) is 1.48. The Morgan fingerprint density at radius 3 is 2.00 bits per heavy atom. The molecule has 0 aliphatic heterocycles. The van der Waals surface area contributed by atoms with E-state index in [2.05, 4.69) is 0 Å². The number of rotatable bonds is 1. The molecule has 82 valence electrons. The van der Waals surface area contributed by atoms with Crippen molar-refractivity contribution in [1.29, 1.82) is 0 Å². The molecule has 4 bridgehead atoms. The molecule has 0 unspecified atom stereocenters. The van der Waals surface area contributed by atoms with Crippen molar-refractivity contribution in [2.45, 2.75) is 38.7 Å². The highest BCUT2D eigenvalue weighted by atomic mass is 16.5.